The molecule has 22 heavy (non-hydrogen) atoms. The predicted molar refractivity (Wildman–Crippen MR) is 70.9 cm³/mol. The van der Waals surface area contributed by atoms with Crippen molar-refractivity contribution < 1.29 is 34.7 Å². The summed E-state index contributed by atoms with van der Waals surface area (Å²) in [7, 11) is 0. The predicted octanol–water partition coefficient (Wildman–Crippen LogP) is -1.20. The normalized spacial score (nSPS) is 35.6. The Morgan fingerprint density at radius 3 is 2.73 bits per heavy atom. The SMILES string of the molecule is O=C1N[C@H]2[C@@H](O)[C@H](O)[C@@H](O)C[C@@H]2c2cc3c(c(O)c21)OCO3. The number of phenols is 1. The van der Waals surface area contributed by atoms with Gasteiger partial charge in [-0.25, -0.2) is 0 Å². The fourth-order valence-corrected chi connectivity index (χ4v) is 3.53. The van der Waals surface area contributed by atoms with Crippen LogP contribution in [0.2, 0.25) is 0 Å². The monoisotopic (exact) mass is 309 g/mol. The van der Waals surface area contributed by atoms with Crippen LogP contribution in [0, 0.1) is 0 Å². The maximum absolute atomic E-state index is 12.3. The van der Waals surface area contributed by atoms with E-state index >= 15 is 0 Å². The van der Waals surface area contributed by atoms with E-state index in [-0.39, 0.29) is 30.3 Å². The lowest BCUT2D eigenvalue weighted by molar-refractivity contribution is -0.104. The fraction of sp³-hybridized carbons (Fsp3) is 0.500. The molecule has 0 bridgehead atoms. The highest BCUT2D eigenvalue weighted by Gasteiger charge is 2.49. The van der Waals surface area contributed by atoms with E-state index in [4.69, 9.17) is 9.47 Å². The molecular weight excluding hydrogens is 294 g/mol. The third-order valence-electron chi connectivity index (χ3n) is 4.63. The van der Waals surface area contributed by atoms with E-state index in [2.05, 4.69) is 5.32 Å². The third-order valence-corrected chi connectivity index (χ3v) is 4.63. The van der Waals surface area contributed by atoms with Gasteiger partial charge in [0.15, 0.2) is 11.5 Å². The van der Waals surface area contributed by atoms with Crippen molar-refractivity contribution in [3.8, 4) is 17.2 Å². The lowest BCUT2D eigenvalue weighted by Gasteiger charge is -2.44. The second-order valence-corrected chi connectivity index (χ2v) is 5.81. The van der Waals surface area contributed by atoms with Gasteiger partial charge in [-0.3, -0.25) is 4.79 Å². The maximum atomic E-state index is 12.3. The summed E-state index contributed by atoms with van der Waals surface area (Å²) in [5.74, 6) is -0.878. The number of nitrogens with one attached hydrogen (secondary N) is 1. The molecule has 1 aliphatic carbocycles. The van der Waals surface area contributed by atoms with Crippen LogP contribution < -0.4 is 14.8 Å². The summed E-state index contributed by atoms with van der Waals surface area (Å²) in [4.78, 5) is 12.3. The Bertz CT molecular complexity index is 661. The molecule has 1 fully saturated rings. The van der Waals surface area contributed by atoms with Gasteiger partial charge in [-0.2, -0.15) is 0 Å². The molecular formula is C14H15NO7. The van der Waals surface area contributed by atoms with E-state index in [9.17, 15) is 25.2 Å². The molecule has 3 aliphatic rings. The Kier molecular flexibility index (Phi) is 2.77. The number of benzene rings is 1. The lowest BCUT2D eigenvalue weighted by Crippen LogP contribution is -2.61. The molecule has 4 rings (SSSR count). The minimum absolute atomic E-state index is 0.0501. The summed E-state index contributed by atoms with van der Waals surface area (Å²) in [5, 5.41) is 42.6. The highest BCUT2D eigenvalue weighted by atomic mass is 16.7. The van der Waals surface area contributed by atoms with Crippen molar-refractivity contribution in [2.75, 3.05) is 6.79 Å². The zero-order chi connectivity index (χ0) is 15.6. The molecule has 0 aromatic heterocycles. The number of carbonyl (C=O) groups is 1. The highest BCUT2D eigenvalue weighted by molar-refractivity contribution is 6.01. The lowest BCUT2D eigenvalue weighted by atomic mass is 9.72. The van der Waals surface area contributed by atoms with E-state index < -0.39 is 36.2 Å². The number of aromatic hydroxyl groups is 1. The minimum Gasteiger partial charge on any atom is -0.504 e. The number of aliphatic hydroxyl groups is 3. The van der Waals surface area contributed by atoms with Gasteiger partial charge in [0.05, 0.1) is 17.7 Å². The first-order chi connectivity index (χ1) is 10.5. The van der Waals surface area contributed by atoms with Gasteiger partial charge < -0.3 is 35.2 Å². The Balaban J connectivity index is 1.87. The fourth-order valence-electron chi connectivity index (χ4n) is 3.53. The average molecular weight is 309 g/mol. The van der Waals surface area contributed by atoms with Crippen LogP contribution in [0.4, 0.5) is 0 Å². The molecule has 5 N–H and O–H groups in total. The summed E-state index contributed by atoms with van der Waals surface area (Å²) in [5.41, 5.74) is 0.529. The van der Waals surface area contributed by atoms with Crippen molar-refractivity contribution in [1.29, 1.82) is 0 Å². The van der Waals surface area contributed by atoms with Crippen molar-refractivity contribution in [1.82, 2.24) is 5.32 Å². The van der Waals surface area contributed by atoms with E-state index in [0.29, 0.717) is 11.3 Å². The van der Waals surface area contributed by atoms with Gasteiger partial charge in [-0.1, -0.05) is 0 Å². The second kappa shape index (κ2) is 4.48. The first-order valence-electron chi connectivity index (χ1n) is 6.99. The van der Waals surface area contributed by atoms with Gasteiger partial charge in [0, 0.05) is 5.92 Å². The molecule has 8 heteroatoms. The molecule has 1 saturated carbocycles. The molecule has 2 aliphatic heterocycles. The van der Waals surface area contributed by atoms with E-state index in [1.807, 2.05) is 0 Å². The zero-order valence-electron chi connectivity index (χ0n) is 11.4. The number of hydrogen-bond donors (Lipinski definition) is 5. The average Bonchev–Trinajstić information content (AvgIpc) is 2.95. The molecule has 0 radical (unpaired) electrons. The largest absolute Gasteiger partial charge is 0.504 e. The third kappa shape index (κ3) is 1.65. The van der Waals surface area contributed by atoms with Crippen LogP contribution in [-0.2, 0) is 0 Å². The number of carbonyl (C=O) groups excluding carboxylic acids is 1. The van der Waals surface area contributed by atoms with Gasteiger partial charge in [-0.05, 0) is 18.1 Å². The number of hydrogen-bond acceptors (Lipinski definition) is 7. The first kappa shape index (κ1) is 13.6. The Hall–Kier alpha value is -2.03. The molecule has 118 valence electrons. The van der Waals surface area contributed by atoms with Gasteiger partial charge in [0.2, 0.25) is 12.5 Å². The molecule has 1 aromatic rings. The maximum Gasteiger partial charge on any atom is 0.255 e. The topological polar surface area (TPSA) is 128 Å². The smallest absolute Gasteiger partial charge is 0.255 e. The summed E-state index contributed by atoms with van der Waals surface area (Å²) in [6, 6.07) is 0.850. The molecule has 2 heterocycles. The summed E-state index contributed by atoms with van der Waals surface area (Å²) >= 11 is 0. The number of aliphatic hydroxyl groups excluding tert-OH is 3. The van der Waals surface area contributed by atoms with E-state index in [1.165, 1.54) is 0 Å². The molecule has 8 nitrogen and oxygen atoms in total. The molecule has 0 unspecified atom stereocenters. The molecule has 0 spiro atoms. The number of amides is 1. The van der Waals surface area contributed by atoms with Crippen LogP contribution in [0.25, 0.3) is 0 Å². The van der Waals surface area contributed by atoms with Crippen LogP contribution in [0.15, 0.2) is 6.07 Å². The Morgan fingerprint density at radius 1 is 1.18 bits per heavy atom. The minimum atomic E-state index is -1.33. The van der Waals surface area contributed by atoms with Gasteiger partial charge in [0.25, 0.3) is 5.91 Å². The van der Waals surface area contributed by atoms with Gasteiger partial charge in [-0.15, -0.1) is 0 Å². The van der Waals surface area contributed by atoms with Gasteiger partial charge in [0.1, 0.15) is 12.2 Å². The number of phenolic OH excluding ortho intramolecular Hbond substituents is 1. The Morgan fingerprint density at radius 2 is 1.95 bits per heavy atom. The molecule has 1 aromatic carbocycles. The number of rotatable bonds is 0. The van der Waals surface area contributed by atoms with Crippen LogP contribution in [0.1, 0.15) is 28.3 Å². The second-order valence-electron chi connectivity index (χ2n) is 5.81. The molecule has 1 amide bonds. The summed E-state index contributed by atoms with van der Waals surface area (Å²) < 4.78 is 10.4. The zero-order valence-corrected chi connectivity index (χ0v) is 11.4. The summed E-state index contributed by atoms with van der Waals surface area (Å²) in [6.07, 6.45) is -3.59. The van der Waals surface area contributed by atoms with Crippen LogP contribution in [0.3, 0.4) is 0 Å². The number of ether oxygens (including phenoxy) is 2. The van der Waals surface area contributed by atoms with Crippen molar-refractivity contribution in [3.63, 3.8) is 0 Å². The summed E-state index contributed by atoms with van der Waals surface area (Å²) in [6.45, 7) is -0.0501. The van der Waals surface area contributed by atoms with Crippen LogP contribution in [-0.4, -0.2) is 57.5 Å². The van der Waals surface area contributed by atoms with E-state index in [0.717, 1.165) is 0 Å². The van der Waals surface area contributed by atoms with Crippen molar-refractivity contribution in [2.24, 2.45) is 0 Å². The molecule has 5 atom stereocenters. The number of fused-ring (bicyclic) bond motifs is 4. The Labute approximate surface area is 124 Å². The van der Waals surface area contributed by atoms with Crippen molar-refractivity contribution >= 4 is 5.91 Å². The quantitative estimate of drug-likeness (QED) is 0.407. The van der Waals surface area contributed by atoms with E-state index in [1.54, 1.807) is 6.07 Å². The van der Waals surface area contributed by atoms with Crippen molar-refractivity contribution in [3.05, 3.63) is 17.2 Å². The van der Waals surface area contributed by atoms with Gasteiger partial charge >= 0.3 is 0 Å². The first-order valence-corrected chi connectivity index (χ1v) is 6.99. The van der Waals surface area contributed by atoms with Crippen LogP contribution in [0.5, 0.6) is 17.2 Å². The highest BCUT2D eigenvalue weighted by Crippen LogP contribution is 2.49. The van der Waals surface area contributed by atoms with Crippen molar-refractivity contribution in [2.45, 2.75) is 36.7 Å². The standard InChI is InChI=1S/C14H15NO7/c16-6-1-5-4-2-7-13(22-3-21-7)11(18)8(4)14(20)15-9(5)12(19)10(6)17/h2,5-6,9-10,12,16-19H,1,3H2,(H,15,20)/t5-,6+,9-,10-,12-/m1/s1. The van der Waals surface area contributed by atoms with Crippen LogP contribution >= 0.6 is 0 Å². The molecule has 0 saturated heterocycles.